The fraction of sp³-hybridized carbons (Fsp3) is 0.125. The van der Waals surface area contributed by atoms with Gasteiger partial charge in [0.1, 0.15) is 5.75 Å². The van der Waals surface area contributed by atoms with Gasteiger partial charge in [-0.25, -0.2) is 4.79 Å². The van der Waals surface area contributed by atoms with E-state index in [0.717, 1.165) is 6.08 Å². The van der Waals surface area contributed by atoms with Crippen molar-refractivity contribution in [3.63, 3.8) is 0 Å². The number of allylic oxidation sites excluding steroid dienone is 1. The summed E-state index contributed by atoms with van der Waals surface area (Å²) in [5, 5.41) is 17.3. The van der Waals surface area contributed by atoms with Gasteiger partial charge < -0.3 is 15.2 Å². The van der Waals surface area contributed by atoms with Crippen LogP contribution in [0.1, 0.15) is 12.6 Å². The lowest BCUT2D eigenvalue weighted by Gasteiger charge is -1.92. The number of hydrogen-bond acceptors (Lipinski definition) is 2. The number of H-pyrrole nitrogens is 1. The Morgan fingerprint density at radius 3 is 2.75 bits per heavy atom. The molecule has 1 aromatic rings. The Morgan fingerprint density at radius 1 is 1.67 bits per heavy atom. The molecular formula is C8H9NO3. The van der Waals surface area contributed by atoms with Crippen LogP contribution in [0.5, 0.6) is 5.75 Å². The molecule has 0 unspecified atom stereocenters. The zero-order valence-electron chi connectivity index (χ0n) is 6.53. The van der Waals surface area contributed by atoms with E-state index in [1.165, 1.54) is 12.3 Å². The summed E-state index contributed by atoms with van der Waals surface area (Å²) < 4.78 is 0. The molecule has 0 spiro atoms. The molecule has 0 aliphatic rings. The van der Waals surface area contributed by atoms with E-state index >= 15 is 0 Å². The highest BCUT2D eigenvalue weighted by Gasteiger charge is 2.00. The third-order valence-corrected chi connectivity index (χ3v) is 1.43. The average Bonchev–Trinajstić information content (AvgIpc) is 2.34. The maximum atomic E-state index is 10.2. The van der Waals surface area contributed by atoms with Gasteiger partial charge in [-0.2, -0.15) is 0 Å². The first kappa shape index (κ1) is 8.39. The zero-order valence-corrected chi connectivity index (χ0v) is 6.53. The van der Waals surface area contributed by atoms with Crippen LogP contribution in [0.15, 0.2) is 18.3 Å². The number of hydrogen-bond donors (Lipinski definition) is 3. The minimum atomic E-state index is -0.999. The Kier molecular flexibility index (Phi) is 2.19. The number of carboxylic acid groups (broad SMARTS) is 1. The monoisotopic (exact) mass is 167 g/mol. The average molecular weight is 167 g/mol. The van der Waals surface area contributed by atoms with E-state index < -0.39 is 5.97 Å². The molecule has 1 heterocycles. The first-order chi connectivity index (χ1) is 5.59. The van der Waals surface area contributed by atoms with Crippen molar-refractivity contribution >= 4 is 11.5 Å². The second kappa shape index (κ2) is 3.13. The van der Waals surface area contributed by atoms with Gasteiger partial charge in [0.05, 0.1) is 0 Å². The lowest BCUT2D eigenvalue weighted by atomic mass is 10.2. The molecule has 0 aliphatic carbocycles. The predicted molar refractivity (Wildman–Crippen MR) is 43.7 cm³/mol. The van der Waals surface area contributed by atoms with Gasteiger partial charge in [-0.3, -0.25) is 0 Å². The number of aromatic nitrogens is 1. The van der Waals surface area contributed by atoms with Gasteiger partial charge in [-0.1, -0.05) is 0 Å². The molecule has 4 heteroatoms. The predicted octanol–water partition coefficient (Wildman–Crippen LogP) is 1.21. The lowest BCUT2D eigenvalue weighted by molar-refractivity contribution is -0.131. The van der Waals surface area contributed by atoms with Gasteiger partial charge >= 0.3 is 5.97 Å². The largest absolute Gasteiger partial charge is 0.506 e. The molecule has 4 nitrogen and oxygen atoms in total. The molecular weight excluding hydrogens is 158 g/mol. The van der Waals surface area contributed by atoms with Crippen molar-refractivity contribution < 1.29 is 15.0 Å². The Hall–Kier alpha value is -1.71. The summed E-state index contributed by atoms with van der Waals surface area (Å²) in [6, 6.07) is 1.47. The van der Waals surface area contributed by atoms with E-state index in [1.54, 1.807) is 6.92 Å². The maximum Gasteiger partial charge on any atom is 0.328 e. The lowest BCUT2D eigenvalue weighted by Crippen LogP contribution is -1.89. The minimum Gasteiger partial charge on any atom is -0.506 e. The number of rotatable bonds is 2. The summed E-state index contributed by atoms with van der Waals surface area (Å²) in [5.41, 5.74) is 1.18. The molecule has 0 saturated heterocycles. The fourth-order valence-electron chi connectivity index (χ4n) is 0.874. The van der Waals surface area contributed by atoms with Gasteiger partial charge in [0.15, 0.2) is 0 Å². The first-order valence-corrected chi connectivity index (χ1v) is 3.38. The number of carboxylic acids is 1. The van der Waals surface area contributed by atoms with Crippen LogP contribution >= 0.6 is 0 Å². The highest BCUT2D eigenvalue weighted by atomic mass is 16.4. The Morgan fingerprint density at radius 2 is 2.33 bits per heavy atom. The van der Waals surface area contributed by atoms with Crippen LogP contribution < -0.4 is 0 Å². The number of aromatic hydroxyl groups is 1. The van der Waals surface area contributed by atoms with Crippen molar-refractivity contribution in [3.8, 4) is 5.75 Å². The van der Waals surface area contributed by atoms with Crippen molar-refractivity contribution in [3.05, 3.63) is 24.0 Å². The van der Waals surface area contributed by atoms with Crippen molar-refractivity contribution in [2.75, 3.05) is 0 Å². The number of aliphatic carboxylic acids is 1. The van der Waals surface area contributed by atoms with Gasteiger partial charge in [-0.05, 0) is 12.5 Å². The first-order valence-electron chi connectivity index (χ1n) is 3.38. The Bertz CT molecular complexity index is 325. The van der Waals surface area contributed by atoms with Crippen molar-refractivity contribution in [2.45, 2.75) is 6.92 Å². The fourth-order valence-corrected chi connectivity index (χ4v) is 0.874. The summed E-state index contributed by atoms with van der Waals surface area (Å²) in [6.45, 7) is 1.65. The quantitative estimate of drug-likeness (QED) is 0.579. The molecule has 0 saturated carbocycles. The highest BCUT2D eigenvalue weighted by molar-refractivity contribution is 5.89. The highest BCUT2D eigenvalue weighted by Crippen LogP contribution is 2.17. The van der Waals surface area contributed by atoms with E-state index in [2.05, 4.69) is 4.98 Å². The second-order valence-corrected chi connectivity index (χ2v) is 2.44. The molecule has 0 atom stereocenters. The van der Waals surface area contributed by atoms with Crippen molar-refractivity contribution in [1.82, 2.24) is 4.98 Å². The van der Waals surface area contributed by atoms with E-state index in [1.807, 2.05) is 0 Å². The molecule has 0 aliphatic heterocycles. The van der Waals surface area contributed by atoms with Crippen LogP contribution in [-0.2, 0) is 4.79 Å². The molecule has 1 aromatic heterocycles. The summed E-state index contributed by atoms with van der Waals surface area (Å²) >= 11 is 0. The minimum absolute atomic E-state index is 0.100. The van der Waals surface area contributed by atoms with Gasteiger partial charge in [0.25, 0.3) is 0 Å². The van der Waals surface area contributed by atoms with E-state index in [4.69, 9.17) is 10.2 Å². The maximum absolute atomic E-state index is 10.2. The standard InChI is InChI=1S/C8H9NO3/c1-5(2-8(11)12)7-3-6(10)4-9-7/h2-4,9-10H,1H3,(H,11,12)/b5-2-. The zero-order chi connectivity index (χ0) is 9.14. The van der Waals surface area contributed by atoms with Gasteiger partial charge in [-0.15, -0.1) is 0 Å². The van der Waals surface area contributed by atoms with Crippen molar-refractivity contribution in [1.29, 1.82) is 0 Å². The molecule has 12 heavy (non-hydrogen) atoms. The van der Waals surface area contributed by atoms with E-state index in [-0.39, 0.29) is 5.75 Å². The van der Waals surface area contributed by atoms with Crippen LogP contribution in [0.25, 0.3) is 5.57 Å². The van der Waals surface area contributed by atoms with E-state index in [0.29, 0.717) is 11.3 Å². The number of carbonyl (C=O) groups is 1. The van der Waals surface area contributed by atoms with Crippen LogP contribution in [0.3, 0.4) is 0 Å². The number of aromatic amines is 1. The second-order valence-electron chi connectivity index (χ2n) is 2.44. The van der Waals surface area contributed by atoms with Crippen molar-refractivity contribution in [2.24, 2.45) is 0 Å². The smallest absolute Gasteiger partial charge is 0.328 e. The topological polar surface area (TPSA) is 73.3 Å². The third kappa shape index (κ3) is 1.88. The molecule has 0 aromatic carbocycles. The van der Waals surface area contributed by atoms with E-state index in [9.17, 15) is 4.79 Å². The molecule has 1 rings (SSSR count). The van der Waals surface area contributed by atoms with Crippen LogP contribution in [0.2, 0.25) is 0 Å². The van der Waals surface area contributed by atoms with Gasteiger partial charge in [0.2, 0.25) is 0 Å². The molecule has 0 amide bonds. The normalized spacial score (nSPS) is 11.6. The molecule has 0 bridgehead atoms. The summed E-state index contributed by atoms with van der Waals surface area (Å²) in [6.07, 6.45) is 2.47. The van der Waals surface area contributed by atoms with Crippen LogP contribution in [0.4, 0.5) is 0 Å². The van der Waals surface area contributed by atoms with Gasteiger partial charge in [0, 0.05) is 24.0 Å². The summed E-state index contributed by atoms with van der Waals surface area (Å²) in [4.78, 5) is 13.0. The molecule has 64 valence electrons. The number of nitrogens with one attached hydrogen (secondary N) is 1. The molecule has 0 fully saturated rings. The SMILES string of the molecule is C/C(=C/C(=O)O)c1cc(O)c[nH]1. The summed E-state index contributed by atoms with van der Waals surface area (Å²) in [5.74, 6) is -0.898. The Labute approximate surface area is 69.2 Å². The third-order valence-electron chi connectivity index (χ3n) is 1.43. The Balaban J connectivity index is 2.91. The molecule has 0 radical (unpaired) electrons. The molecule has 3 N–H and O–H groups in total. The van der Waals surface area contributed by atoms with Crippen LogP contribution in [-0.4, -0.2) is 21.2 Å². The van der Waals surface area contributed by atoms with Crippen LogP contribution in [0, 0.1) is 0 Å². The summed E-state index contributed by atoms with van der Waals surface area (Å²) in [7, 11) is 0.